The molecular weight excluding hydrogens is 325 g/mol. The standard InChI is InChI=1S/C15H21BrFNO2/c1-3-7-19-15-12(18-4-2)9-14(15)20-13-8-10(16)5-6-11(13)17/h5-6,8,12,14-15,18H,3-4,7,9H2,1-2H3. The van der Waals surface area contributed by atoms with Gasteiger partial charge in [0.1, 0.15) is 12.2 Å². The van der Waals surface area contributed by atoms with E-state index in [0.29, 0.717) is 12.6 Å². The highest BCUT2D eigenvalue weighted by Crippen LogP contribution is 2.31. The molecule has 0 radical (unpaired) electrons. The zero-order valence-electron chi connectivity index (χ0n) is 11.9. The molecule has 1 aromatic rings. The molecule has 3 nitrogen and oxygen atoms in total. The molecule has 112 valence electrons. The third-order valence-electron chi connectivity index (χ3n) is 3.40. The van der Waals surface area contributed by atoms with Crippen LogP contribution in [0.5, 0.6) is 5.75 Å². The summed E-state index contributed by atoms with van der Waals surface area (Å²) < 4.78 is 26.1. The average molecular weight is 346 g/mol. The van der Waals surface area contributed by atoms with Gasteiger partial charge in [-0.1, -0.05) is 29.8 Å². The number of ether oxygens (including phenoxy) is 2. The number of nitrogens with one attached hydrogen (secondary N) is 1. The monoisotopic (exact) mass is 345 g/mol. The van der Waals surface area contributed by atoms with Gasteiger partial charge in [0.25, 0.3) is 0 Å². The minimum atomic E-state index is -0.339. The first-order valence-electron chi connectivity index (χ1n) is 7.12. The van der Waals surface area contributed by atoms with Crippen molar-refractivity contribution in [3.05, 3.63) is 28.5 Å². The molecule has 3 unspecified atom stereocenters. The molecule has 1 aliphatic carbocycles. The van der Waals surface area contributed by atoms with E-state index in [2.05, 4.69) is 35.1 Å². The first kappa shape index (κ1) is 15.7. The molecule has 20 heavy (non-hydrogen) atoms. The zero-order chi connectivity index (χ0) is 14.5. The van der Waals surface area contributed by atoms with Crippen molar-refractivity contribution in [2.24, 2.45) is 0 Å². The summed E-state index contributed by atoms with van der Waals surface area (Å²) in [5.74, 6) is -0.0567. The van der Waals surface area contributed by atoms with Crippen molar-refractivity contribution in [3.63, 3.8) is 0 Å². The summed E-state index contributed by atoms with van der Waals surface area (Å²) in [4.78, 5) is 0. The Hall–Kier alpha value is -0.650. The quantitative estimate of drug-likeness (QED) is 0.820. The molecule has 1 N–H and O–H groups in total. The third-order valence-corrected chi connectivity index (χ3v) is 3.89. The molecule has 2 rings (SSSR count). The fraction of sp³-hybridized carbons (Fsp3) is 0.600. The minimum absolute atomic E-state index is 0.00622. The highest BCUT2D eigenvalue weighted by atomic mass is 79.9. The van der Waals surface area contributed by atoms with E-state index in [-0.39, 0.29) is 23.8 Å². The second kappa shape index (κ2) is 7.38. The van der Waals surface area contributed by atoms with Crippen LogP contribution in [0.1, 0.15) is 26.7 Å². The lowest BCUT2D eigenvalue weighted by Gasteiger charge is -2.44. The Morgan fingerprint density at radius 2 is 2.20 bits per heavy atom. The summed E-state index contributed by atoms with van der Waals surface area (Å²) in [6, 6.07) is 5.02. The molecule has 1 fully saturated rings. The van der Waals surface area contributed by atoms with Crippen LogP contribution >= 0.6 is 15.9 Å². The van der Waals surface area contributed by atoms with Crippen LogP contribution < -0.4 is 10.1 Å². The van der Waals surface area contributed by atoms with Crippen molar-refractivity contribution < 1.29 is 13.9 Å². The molecule has 1 aromatic carbocycles. The summed E-state index contributed by atoms with van der Waals surface area (Å²) in [5.41, 5.74) is 0. The van der Waals surface area contributed by atoms with Crippen molar-refractivity contribution in [1.82, 2.24) is 5.32 Å². The van der Waals surface area contributed by atoms with Crippen LogP contribution in [0.2, 0.25) is 0 Å². The maximum absolute atomic E-state index is 13.7. The lowest BCUT2D eigenvalue weighted by atomic mass is 9.85. The number of halogens is 2. The molecule has 5 heteroatoms. The first-order valence-corrected chi connectivity index (χ1v) is 7.91. The van der Waals surface area contributed by atoms with E-state index in [1.165, 1.54) is 6.07 Å². The second-order valence-corrected chi connectivity index (χ2v) is 5.88. The van der Waals surface area contributed by atoms with E-state index in [4.69, 9.17) is 9.47 Å². The van der Waals surface area contributed by atoms with Gasteiger partial charge in [-0.2, -0.15) is 0 Å². The van der Waals surface area contributed by atoms with Crippen LogP contribution in [0.15, 0.2) is 22.7 Å². The Morgan fingerprint density at radius 3 is 2.90 bits per heavy atom. The van der Waals surface area contributed by atoms with Crippen molar-refractivity contribution in [2.75, 3.05) is 13.2 Å². The molecule has 0 aliphatic heterocycles. The van der Waals surface area contributed by atoms with Crippen molar-refractivity contribution in [3.8, 4) is 5.75 Å². The van der Waals surface area contributed by atoms with E-state index in [1.54, 1.807) is 12.1 Å². The van der Waals surface area contributed by atoms with Crippen molar-refractivity contribution in [2.45, 2.75) is 44.9 Å². The number of rotatable bonds is 7. The number of likely N-dealkylation sites (N-methyl/N-ethyl adjacent to an activating group) is 1. The van der Waals surface area contributed by atoms with Gasteiger partial charge in [0.2, 0.25) is 0 Å². The normalized spacial score (nSPS) is 25.3. The van der Waals surface area contributed by atoms with Crippen molar-refractivity contribution >= 4 is 15.9 Å². The fourth-order valence-electron chi connectivity index (χ4n) is 2.37. The van der Waals surface area contributed by atoms with Gasteiger partial charge in [0.15, 0.2) is 11.6 Å². The Bertz CT molecular complexity index is 444. The summed E-state index contributed by atoms with van der Waals surface area (Å²) in [7, 11) is 0. The lowest BCUT2D eigenvalue weighted by molar-refractivity contribution is -0.108. The third kappa shape index (κ3) is 3.71. The van der Waals surface area contributed by atoms with Gasteiger partial charge in [0, 0.05) is 23.5 Å². The van der Waals surface area contributed by atoms with Gasteiger partial charge < -0.3 is 14.8 Å². The number of benzene rings is 1. The van der Waals surface area contributed by atoms with E-state index >= 15 is 0 Å². The summed E-state index contributed by atoms with van der Waals surface area (Å²) in [6.07, 6.45) is 1.71. The van der Waals surface area contributed by atoms with E-state index < -0.39 is 0 Å². The second-order valence-electron chi connectivity index (χ2n) is 4.97. The van der Waals surface area contributed by atoms with Gasteiger partial charge in [-0.05, 0) is 31.2 Å². The average Bonchev–Trinajstić information content (AvgIpc) is 2.41. The Labute approximate surface area is 128 Å². The minimum Gasteiger partial charge on any atom is -0.484 e. The van der Waals surface area contributed by atoms with Crippen LogP contribution in [0.25, 0.3) is 0 Å². The highest BCUT2D eigenvalue weighted by Gasteiger charge is 2.43. The number of hydrogen-bond acceptors (Lipinski definition) is 3. The summed E-state index contributed by atoms with van der Waals surface area (Å²) >= 11 is 3.33. The van der Waals surface area contributed by atoms with Gasteiger partial charge in [0.05, 0.1) is 0 Å². The number of hydrogen-bond donors (Lipinski definition) is 1. The molecule has 0 aromatic heterocycles. The summed E-state index contributed by atoms with van der Waals surface area (Å²) in [5, 5.41) is 3.37. The molecule has 0 heterocycles. The lowest BCUT2D eigenvalue weighted by Crippen LogP contribution is -2.61. The maximum Gasteiger partial charge on any atom is 0.165 e. The van der Waals surface area contributed by atoms with Crippen molar-refractivity contribution in [1.29, 1.82) is 0 Å². The molecular formula is C15H21BrFNO2. The largest absolute Gasteiger partial charge is 0.484 e. The van der Waals surface area contributed by atoms with Gasteiger partial charge in [-0.3, -0.25) is 0 Å². The van der Waals surface area contributed by atoms with E-state index in [9.17, 15) is 4.39 Å². The Kier molecular flexibility index (Phi) is 5.81. The van der Waals surface area contributed by atoms with Gasteiger partial charge >= 0.3 is 0 Å². The Balaban J connectivity index is 1.99. The molecule has 0 saturated heterocycles. The van der Waals surface area contributed by atoms with Crippen LogP contribution in [-0.4, -0.2) is 31.4 Å². The molecule has 0 amide bonds. The van der Waals surface area contributed by atoms with Gasteiger partial charge in [-0.25, -0.2) is 4.39 Å². The fourth-order valence-corrected chi connectivity index (χ4v) is 2.71. The molecule has 1 saturated carbocycles. The SMILES string of the molecule is CCCOC1C(NCC)CC1Oc1cc(Br)ccc1F. The van der Waals surface area contributed by atoms with Crippen LogP contribution in [-0.2, 0) is 4.74 Å². The van der Waals surface area contributed by atoms with Crippen LogP contribution in [0, 0.1) is 5.82 Å². The smallest absolute Gasteiger partial charge is 0.165 e. The maximum atomic E-state index is 13.7. The van der Waals surface area contributed by atoms with Crippen LogP contribution in [0.4, 0.5) is 4.39 Å². The topological polar surface area (TPSA) is 30.5 Å². The summed E-state index contributed by atoms with van der Waals surface area (Å²) in [6.45, 7) is 5.74. The highest BCUT2D eigenvalue weighted by molar-refractivity contribution is 9.10. The molecule has 0 spiro atoms. The predicted molar refractivity (Wildman–Crippen MR) is 80.6 cm³/mol. The first-order chi connectivity index (χ1) is 9.65. The Morgan fingerprint density at radius 1 is 1.40 bits per heavy atom. The zero-order valence-corrected chi connectivity index (χ0v) is 13.5. The van der Waals surface area contributed by atoms with Gasteiger partial charge in [-0.15, -0.1) is 0 Å². The molecule has 0 bridgehead atoms. The van der Waals surface area contributed by atoms with E-state index in [1.807, 2.05) is 0 Å². The predicted octanol–water partition coefficient (Wildman–Crippen LogP) is 3.51. The van der Waals surface area contributed by atoms with E-state index in [0.717, 1.165) is 23.9 Å². The molecule has 3 atom stereocenters. The van der Waals surface area contributed by atoms with Crippen LogP contribution in [0.3, 0.4) is 0 Å². The molecule has 1 aliphatic rings.